The Labute approximate surface area is 224 Å². The van der Waals surface area contributed by atoms with Crippen LogP contribution in [-0.2, 0) is 14.4 Å². The van der Waals surface area contributed by atoms with Gasteiger partial charge in [-0.25, -0.2) is 0 Å². The van der Waals surface area contributed by atoms with Gasteiger partial charge in [-0.05, 0) is 42.8 Å². The second-order valence-electron chi connectivity index (χ2n) is 8.52. The lowest BCUT2D eigenvalue weighted by atomic mass is 10.1. The van der Waals surface area contributed by atoms with Crippen LogP contribution in [-0.4, -0.2) is 40.6 Å². The van der Waals surface area contributed by atoms with Crippen LogP contribution in [0.4, 0.5) is 11.4 Å². The van der Waals surface area contributed by atoms with Gasteiger partial charge >= 0.3 is 0 Å². The summed E-state index contributed by atoms with van der Waals surface area (Å²) < 4.78 is 5.54. The fourth-order valence-corrected chi connectivity index (χ4v) is 5.91. The third kappa shape index (κ3) is 4.63. The smallest absolute Gasteiger partial charge is 0.267 e. The SMILES string of the molecule is COc1ccc(NC(=O)CN2C(=O)/C(=C3\SC(=S)N([C@@H](C)c4ccccc4)C3=O)c3ccccc32)cc1. The molecule has 0 bridgehead atoms. The highest BCUT2D eigenvalue weighted by Gasteiger charge is 2.43. The topological polar surface area (TPSA) is 79.0 Å². The highest BCUT2D eigenvalue weighted by Crippen LogP contribution is 2.46. The van der Waals surface area contributed by atoms with Crippen LogP contribution in [0.3, 0.4) is 0 Å². The van der Waals surface area contributed by atoms with Crippen LogP contribution in [0.5, 0.6) is 5.75 Å². The molecule has 0 saturated carbocycles. The Hall–Kier alpha value is -3.95. The molecule has 2 heterocycles. The first-order chi connectivity index (χ1) is 17.9. The largest absolute Gasteiger partial charge is 0.497 e. The van der Waals surface area contributed by atoms with E-state index in [1.165, 1.54) is 4.90 Å². The van der Waals surface area contributed by atoms with E-state index >= 15 is 0 Å². The van der Waals surface area contributed by atoms with E-state index in [0.29, 0.717) is 27.0 Å². The summed E-state index contributed by atoms with van der Waals surface area (Å²) in [7, 11) is 1.57. The molecule has 1 atom stereocenters. The van der Waals surface area contributed by atoms with E-state index in [1.807, 2.05) is 37.3 Å². The van der Waals surface area contributed by atoms with Gasteiger partial charge in [-0.2, -0.15) is 0 Å². The third-order valence-electron chi connectivity index (χ3n) is 6.29. The van der Waals surface area contributed by atoms with Crippen molar-refractivity contribution in [2.75, 3.05) is 23.9 Å². The molecule has 2 aliphatic heterocycles. The number of nitrogens with one attached hydrogen (secondary N) is 1. The normalized spacial score (nSPS) is 17.7. The number of hydrogen-bond acceptors (Lipinski definition) is 6. The van der Waals surface area contributed by atoms with Gasteiger partial charge < -0.3 is 10.1 Å². The predicted octanol–water partition coefficient (Wildman–Crippen LogP) is 5.01. The minimum atomic E-state index is -0.404. The highest BCUT2D eigenvalue weighted by atomic mass is 32.2. The van der Waals surface area contributed by atoms with Crippen LogP contribution >= 0.6 is 24.0 Å². The van der Waals surface area contributed by atoms with Crippen molar-refractivity contribution in [2.24, 2.45) is 0 Å². The Morgan fingerprint density at radius 3 is 2.35 bits per heavy atom. The van der Waals surface area contributed by atoms with E-state index < -0.39 is 5.91 Å². The zero-order valence-corrected chi connectivity index (χ0v) is 21.8. The van der Waals surface area contributed by atoms with Crippen LogP contribution in [0.2, 0.25) is 0 Å². The number of carbonyl (C=O) groups is 3. The van der Waals surface area contributed by atoms with Crippen molar-refractivity contribution >= 4 is 63.0 Å². The van der Waals surface area contributed by atoms with Gasteiger partial charge in [0.2, 0.25) is 5.91 Å². The fourth-order valence-electron chi connectivity index (χ4n) is 4.42. The minimum Gasteiger partial charge on any atom is -0.497 e. The maximum Gasteiger partial charge on any atom is 0.267 e. The molecule has 1 fully saturated rings. The second-order valence-corrected chi connectivity index (χ2v) is 10.2. The average Bonchev–Trinajstić information content (AvgIpc) is 3.36. The summed E-state index contributed by atoms with van der Waals surface area (Å²) in [5, 5.41) is 2.81. The number of nitrogens with zero attached hydrogens (tertiary/aromatic N) is 2. The molecular weight excluding hydrogens is 506 g/mol. The first-order valence-electron chi connectivity index (χ1n) is 11.6. The maximum atomic E-state index is 13.7. The number of para-hydroxylation sites is 1. The van der Waals surface area contributed by atoms with Crippen LogP contribution in [0.15, 0.2) is 83.8 Å². The molecule has 1 N–H and O–H groups in total. The first-order valence-corrected chi connectivity index (χ1v) is 12.8. The summed E-state index contributed by atoms with van der Waals surface area (Å²) in [5.41, 5.74) is 2.99. The second kappa shape index (κ2) is 10.2. The molecule has 37 heavy (non-hydrogen) atoms. The van der Waals surface area contributed by atoms with E-state index in [0.717, 1.165) is 17.3 Å². The molecule has 0 radical (unpaired) electrons. The van der Waals surface area contributed by atoms with Gasteiger partial charge in [0.15, 0.2) is 0 Å². The summed E-state index contributed by atoms with van der Waals surface area (Å²) >= 11 is 6.69. The van der Waals surface area contributed by atoms with Gasteiger partial charge in [0.05, 0.1) is 29.3 Å². The molecule has 3 amide bonds. The Morgan fingerprint density at radius 1 is 0.973 bits per heavy atom. The lowest BCUT2D eigenvalue weighted by Gasteiger charge is -2.23. The number of rotatable bonds is 6. The van der Waals surface area contributed by atoms with E-state index in [-0.39, 0.29) is 34.9 Å². The van der Waals surface area contributed by atoms with E-state index in [9.17, 15) is 14.4 Å². The number of anilines is 2. The molecule has 0 spiro atoms. The number of amides is 3. The van der Waals surface area contributed by atoms with Crippen LogP contribution in [0.1, 0.15) is 24.1 Å². The molecule has 186 valence electrons. The maximum absolute atomic E-state index is 13.7. The molecule has 7 nitrogen and oxygen atoms in total. The van der Waals surface area contributed by atoms with Crippen molar-refractivity contribution in [3.63, 3.8) is 0 Å². The molecule has 1 saturated heterocycles. The number of thioether (sulfide) groups is 1. The van der Waals surface area contributed by atoms with E-state index in [1.54, 1.807) is 60.5 Å². The summed E-state index contributed by atoms with van der Waals surface area (Å²) in [6.07, 6.45) is 0. The molecule has 0 unspecified atom stereocenters. The fraction of sp³-hybridized carbons (Fsp3) is 0.143. The van der Waals surface area contributed by atoms with Crippen molar-refractivity contribution in [3.05, 3.63) is 94.9 Å². The molecule has 3 aromatic rings. The van der Waals surface area contributed by atoms with Crippen molar-refractivity contribution < 1.29 is 19.1 Å². The van der Waals surface area contributed by atoms with E-state index in [4.69, 9.17) is 17.0 Å². The zero-order chi connectivity index (χ0) is 26.1. The van der Waals surface area contributed by atoms with Crippen LogP contribution in [0.25, 0.3) is 5.57 Å². The molecule has 0 aromatic heterocycles. The predicted molar refractivity (Wildman–Crippen MR) is 149 cm³/mol. The first kappa shape index (κ1) is 24.7. The molecule has 3 aromatic carbocycles. The number of thiocarbonyl (C=S) groups is 1. The Morgan fingerprint density at radius 2 is 1.65 bits per heavy atom. The van der Waals surface area contributed by atoms with Gasteiger partial charge in [-0.15, -0.1) is 0 Å². The standard InChI is InChI=1S/C28H23N3O4S2/c1-17(18-8-4-3-5-9-18)31-27(34)25(37-28(31)36)24-21-10-6-7-11-22(21)30(26(24)33)16-23(32)29-19-12-14-20(35-2)15-13-19/h3-15,17H,16H2,1-2H3,(H,29,32)/b25-24-/t17-/m0/s1. The molecule has 5 rings (SSSR count). The number of methoxy groups -OCH3 is 1. The Bertz CT molecular complexity index is 1440. The summed E-state index contributed by atoms with van der Waals surface area (Å²) in [6.45, 7) is 1.71. The summed E-state index contributed by atoms with van der Waals surface area (Å²) in [4.78, 5) is 43.4. The van der Waals surface area contributed by atoms with Crippen molar-refractivity contribution in [1.82, 2.24) is 4.90 Å². The monoisotopic (exact) mass is 529 g/mol. The van der Waals surface area contributed by atoms with Crippen molar-refractivity contribution in [3.8, 4) is 5.75 Å². The summed E-state index contributed by atoms with van der Waals surface area (Å²) in [6, 6.07) is 23.4. The quantitative estimate of drug-likeness (QED) is 0.357. The summed E-state index contributed by atoms with van der Waals surface area (Å²) in [5.74, 6) is -0.405. The molecule has 2 aliphatic rings. The lowest BCUT2D eigenvalue weighted by molar-refractivity contribution is -0.123. The number of fused-ring (bicyclic) bond motifs is 1. The van der Waals surface area contributed by atoms with Gasteiger partial charge in [-0.1, -0.05) is 72.5 Å². The minimum absolute atomic E-state index is 0.202. The van der Waals surface area contributed by atoms with Crippen molar-refractivity contribution in [1.29, 1.82) is 0 Å². The van der Waals surface area contributed by atoms with Crippen LogP contribution < -0.4 is 15.0 Å². The van der Waals surface area contributed by atoms with Gasteiger partial charge in [0, 0.05) is 11.3 Å². The number of carbonyl (C=O) groups excluding carboxylic acids is 3. The van der Waals surface area contributed by atoms with Gasteiger partial charge in [0.25, 0.3) is 11.8 Å². The Kier molecular flexibility index (Phi) is 6.82. The third-order valence-corrected chi connectivity index (χ3v) is 7.70. The highest BCUT2D eigenvalue weighted by molar-refractivity contribution is 8.26. The molecule has 0 aliphatic carbocycles. The van der Waals surface area contributed by atoms with Crippen LogP contribution in [0, 0.1) is 0 Å². The number of benzene rings is 3. The molecule has 9 heteroatoms. The van der Waals surface area contributed by atoms with Gasteiger partial charge in [0.1, 0.15) is 16.6 Å². The average molecular weight is 530 g/mol. The Balaban J connectivity index is 1.43. The zero-order valence-electron chi connectivity index (χ0n) is 20.1. The number of hydrogen-bond donors (Lipinski definition) is 1. The lowest BCUT2D eigenvalue weighted by Crippen LogP contribution is -2.35. The van der Waals surface area contributed by atoms with E-state index in [2.05, 4.69) is 5.32 Å². The van der Waals surface area contributed by atoms with Gasteiger partial charge in [-0.3, -0.25) is 24.2 Å². The number of ether oxygens (including phenoxy) is 1. The van der Waals surface area contributed by atoms with Crippen molar-refractivity contribution in [2.45, 2.75) is 13.0 Å². The molecular formula is C28H23N3O4S2.